The highest BCUT2D eigenvalue weighted by molar-refractivity contribution is 6.05. The lowest BCUT2D eigenvalue weighted by Gasteiger charge is -2.27. The molecular weight excluding hydrogens is 234 g/mol. The number of benzene rings is 2. The summed E-state index contributed by atoms with van der Waals surface area (Å²) in [7, 11) is 0. The van der Waals surface area contributed by atoms with E-state index in [4.69, 9.17) is 10.2 Å². The fourth-order valence-corrected chi connectivity index (χ4v) is 2.44. The van der Waals surface area contributed by atoms with E-state index in [-0.39, 0.29) is 11.5 Å². The molecule has 2 heteroatoms. The van der Waals surface area contributed by atoms with Gasteiger partial charge in [-0.25, -0.2) is 0 Å². The van der Waals surface area contributed by atoms with Crippen LogP contribution in [0.1, 0.15) is 32.4 Å². The molecule has 1 aromatic heterocycles. The number of rotatable bonds is 1. The lowest BCUT2D eigenvalue weighted by Crippen LogP contribution is -2.26. The molecule has 2 aromatic carbocycles. The second kappa shape index (κ2) is 4.10. The minimum absolute atomic E-state index is 0.0190. The maximum absolute atomic E-state index is 6.35. The van der Waals surface area contributed by atoms with Gasteiger partial charge in [-0.1, -0.05) is 45.0 Å². The van der Waals surface area contributed by atoms with E-state index in [1.165, 1.54) is 0 Å². The Bertz CT molecular complexity index is 734. The van der Waals surface area contributed by atoms with Gasteiger partial charge in [-0.05, 0) is 29.2 Å². The third-order valence-electron chi connectivity index (χ3n) is 3.69. The first-order valence-electron chi connectivity index (χ1n) is 6.63. The monoisotopic (exact) mass is 253 g/mol. The van der Waals surface area contributed by atoms with Crippen molar-refractivity contribution in [2.24, 2.45) is 11.1 Å². The Hall–Kier alpha value is -1.80. The van der Waals surface area contributed by atoms with E-state index in [1.54, 1.807) is 0 Å². The van der Waals surface area contributed by atoms with Crippen molar-refractivity contribution in [2.75, 3.05) is 0 Å². The van der Waals surface area contributed by atoms with Gasteiger partial charge in [0.25, 0.3) is 0 Å². The van der Waals surface area contributed by atoms with Gasteiger partial charge in [0.1, 0.15) is 11.2 Å². The molecule has 0 fully saturated rings. The number of para-hydroxylation sites is 1. The van der Waals surface area contributed by atoms with Crippen LogP contribution in [-0.4, -0.2) is 0 Å². The van der Waals surface area contributed by atoms with Crippen LogP contribution in [0.3, 0.4) is 0 Å². The third kappa shape index (κ3) is 2.02. The summed E-state index contributed by atoms with van der Waals surface area (Å²) in [5.41, 5.74) is 9.40. The highest BCUT2D eigenvalue weighted by atomic mass is 16.3. The topological polar surface area (TPSA) is 39.2 Å². The van der Waals surface area contributed by atoms with Gasteiger partial charge >= 0.3 is 0 Å². The summed E-state index contributed by atoms with van der Waals surface area (Å²) in [5.74, 6) is 0. The molecule has 2 N–H and O–H groups in total. The van der Waals surface area contributed by atoms with Gasteiger partial charge in [0.15, 0.2) is 0 Å². The molecule has 0 aliphatic carbocycles. The first-order valence-corrected chi connectivity index (χ1v) is 6.63. The standard InChI is InChI=1S/C17H19NO/c1-17(2,3)16(18)11-8-9-15-13(10-11)12-6-4-5-7-14(12)19-15/h4-10,16H,18H2,1-3H3. The summed E-state index contributed by atoms with van der Waals surface area (Å²) >= 11 is 0. The van der Waals surface area contributed by atoms with Gasteiger partial charge in [-0.3, -0.25) is 0 Å². The lowest BCUT2D eigenvalue weighted by atomic mass is 9.83. The maximum Gasteiger partial charge on any atom is 0.135 e. The molecule has 0 amide bonds. The second-order valence-corrected chi connectivity index (χ2v) is 6.20. The quantitative estimate of drug-likeness (QED) is 0.686. The SMILES string of the molecule is CC(C)(C)C(N)c1ccc2oc3ccccc3c2c1. The van der Waals surface area contributed by atoms with E-state index < -0.39 is 0 Å². The van der Waals surface area contributed by atoms with Crippen LogP contribution in [-0.2, 0) is 0 Å². The van der Waals surface area contributed by atoms with Gasteiger partial charge < -0.3 is 10.2 Å². The number of furan rings is 1. The predicted molar refractivity (Wildman–Crippen MR) is 80.1 cm³/mol. The van der Waals surface area contributed by atoms with E-state index in [2.05, 4.69) is 39.0 Å². The molecule has 0 radical (unpaired) electrons. The summed E-state index contributed by atoms with van der Waals surface area (Å²) in [6.45, 7) is 6.49. The normalized spacial score (nSPS) is 14.1. The number of hydrogen-bond acceptors (Lipinski definition) is 2. The van der Waals surface area contributed by atoms with Crippen LogP contribution in [0.5, 0.6) is 0 Å². The van der Waals surface area contributed by atoms with Gasteiger partial charge in [0.2, 0.25) is 0 Å². The van der Waals surface area contributed by atoms with Gasteiger partial charge in [0.05, 0.1) is 0 Å². The van der Waals surface area contributed by atoms with Crippen molar-refractivity contribution in [1.82, 2.24) is 0 Å². The summed E-state index contributed by atoms with van der Waals surface area (Å²) in [5, 5.41) is 2.30. The van der Waals surface area contributed by atoms with Gasteiger partial charge in [-0.15, -0.1) is 0 Å². The van der Waals surface area contributed by atoms with Crippen molar-refractivity contribution >= 4 is 21.9 Å². The minimum Gasteiger partial charge on any atom is -0.456 e. The minimum atomic E-state index is 0.0190. The van der Waals surface area contributed by atoms with E-state index in [0.717, 1.165) is 27.5 Å². The molecule has 1 heterocycles. The molecule has 0 saturated heterocycles. The second-order valence-electron chi connectivity index (χ2n) is 6.20. The van der Waals surface area contributed by atoms with Crippen LogP contribution in [0.15, 0.2) is 46.9 Å². The Kier molecular flexibility index (Phi) is 2.64. The molecule has 1 atom stereocenters. The molecule has 98 valence electrons. The Morgan fingerprint density at radius 1 is 0.947 bits per heavy atom. The van der Waals surface area contributed by atoms with Gasteiger partial charge in [0, 0.05) is 16.8 Å². The van der Waals surface area contributed by atoms with Crippen molar-refractivity contribution in [1.29, 1.82) is 0 Å². The zero-order valence-corrected chi connectivity index (χ0v) is 11.6. The average Bonchev–Trinajstić information content (AvgIpc) is 2.74. The van der Waals surface area contributed by atoms with E-state index >= 15 is 0 Å². The fourth-order valence-electron chi connectivity index (χ4n) is 2.44. The van der Waals surface area contributed by atoms with Crippen LogP contribution in [0.25, 0.3) is 21.9 Å². The molecule has 0 bridgehead atoms. The summed E-state index contributed by atoms with van der Waals surface area (Å²) in [6.07, 6.45) is 0. The van der Waals surface area contributed by atoms with Crippen molar-refractivity contribution in [3.05, 3.63) is 48.0 Å². The number of fused-ring (bicyclic) bond motifs is 3. The van der Waals surface area contributed by atoms with Crippen LogP contribution in [0, 0.1) is 5.41 Å². The molecule has 0 aliphatic heterocycles. The number of hydrogen-bond donors (Lipinski definition) is 1. The summed E-state index contributed by atoms with van der Waals surface area (Å²) in [6, 6.07) is 14.4. The Morgan fingerprint density at radius 2 is 1.63 bits per heavy atom. The first kappa shape index (κ1) is 12.2. The molecule has 0 spiro atoms. The lowest BCUT2D eigenvalue weighted by molar-refractivity contribution is 0.327. The highest BCUT2D eigenvalue weighted by Gasteiger charge is 2.22. The predicted octanol–water partition coefficient (Wildman–Crippen LogP) is 4.63. The average molecular weight is 253 g/mol. The molecule has 0 saturated carbocycles. The molecule has 2 nitrogen and oxygen atoms in total. The van der Waals surface area contributed by atoms with E-state index in [1.807, 2.05) is 24.3 Å². The summed E-state index contributed by atoms with van der Waals surface area (Å²) in [4.78, 5) is 0. The van der Waals surface area contributed by atoms with E-state index in [0.29, 0.717) is 0 Å². The van der Waals surface area contributed by atoms with Crippen molar-refractivity contribution < 1.29 is 4.42 Å². The first-order chi connectivity index (χ1) is 8.97. The molecule has 1 unspecified atom stereocenters. The zero-order chi connectivity index (χ0) is 13.6. The van der Waals surface area contributed by atoms with Crippen LogP contribution in [0.2, 0.25) is 0 Å². The van der Waals surface area contributed by atoms with Crippen LogP contribution in [0.4, 0.5) is 0 Å². The van der Waals surface area contributed by atoms with Crippen LogP contribution >= 0.6 is 0 Å². The third-order valence-corrected chi connectivity index (χ3v) is 3.69. The molecule has 3 aromatic rings. The summed E-state index contributed by atoms with van der Waals surface area (Å²) < 4.78 is 5.83. The van der Waals surface area contributed by atoms with Crippen molar-refractivity contribution in [2.45, 2.75) is 26.8 Å². The Labute approximate surface area is 113 Å². The zero-order valence-electron chi connectivity index (χ0n) is 11.6. The Morgan fingerprint density at radius 3 is 2.37 bits per heavy atom. The molecular formula is C17H19NO. The largest absolute Gasteiger partial charge is 0.456 e. The smallest absolute Gasteiger partial charge is 0.135 e. The Balaban J connectivity index is 2.22. The van der Waals surface area contributed by atoms with Gasteiger partial charge in [-0.2, -0.15) is 0 Å². The van der Waals surface area contributed by atoms with E-state index in [9.17, 15) is 0 Å². The molecule has 19 heavy (non-hydrogen) atoms. The molecule has 3 rings (SSSR count). The maximum atomic E-state index is 6.35. The fraction of sp³-hybridized carbons (Fsp3) is 0.294. The van der Waals surface area contributed by atoms with Crippen LogP contribution < -0.4 is 5.73 Å². The highest BCUT2D eigenvalue weighted by Crippen LogP contribution is 2.35. The van der Waals surface area contributed by atoms with Crippen molar-refractivity contribution in [3.8, 4) is 0 Å². The number of nitrogens with two attached hydrogens (primary N) is 1. The molecule has 0 aliphatic rings. The van der Waals surface area contributed by atoms with Crippen molar-refractivity contribution in [3.63, 3.8) is 0 Å².